The second-order valence-electron chi connectivity index (χ2n) is 13.7. The Bertz CT molecular complexity index is 2640. The smallest absolute Gasteiger partial charge is 0.0547 e. The van der Waals surface area contributed by atoms with Gasteiger partial charge in [0.2, 0.25) is 0 Å². The van der Waals surface area contributed by atoms with Crippen LogP contribution in [0.2, 0.25) is 0 Å². The van der Waals surface area contributed by atoms with Gasteiger partial charge >= 0.3 is 0 Å². The van der Waals surface area contributed by atoms with Crippen LogP contribution in [0, 0.1) is 5.92 Å². The molecule has 0 fully saturated rings. The van der Waals surface area contributed by atoms with E-state index in [-0.39, 0.29) is 5.41 Å². The molecule has 3 aliphatic carbocycles. The van der Waals surface area contributed by atoms with Gasteiger partial charge in [-0.3, -0.25) is 0 Å². The third-order valence-corrected chi connectivity index (χ3v) is 11.0. The highest BCUT2D eigenvalue weighted by atomic mass is 15.0. The Morgan fingerprint density at radius 2 is 1.28 bits per heavy atom. The van der Waals surface area contributed by atoms with Crippen molar-refractivity contribution in [2.75, 3.05) is 0 Å². The van der Waals surface area contributed by atoms with Crippen molar-refractivity contribution in [2.45, 2.75) is 32.1 Å². The summed E-state index contributed by atoms with van der Waals surface area (Å²) >= 11 is 0. The molecule has 3 aliphatic rings. The van der Waals surface area contributed by atoms with Crippen LogP contribution in [0.15, 0.2) is 145 Å². The number of fused-ring (bicyclic) bond motifs is 12. The van der Waals surface area contributed by atoms with Crippen molar-refractivity contribution in [3.63, 3.8) is 0 Å². The van der Waals surface area contributed by atoms with Crippen LogP contribution in [0.25, 0.3) is 70.9 Å². The molecule has 1 heterocycles. The maximum absolute atomic E-state index is 3.75. The Labute approximate surface area is 268 Å². The van der Waals surface area contributed by atoms with Crippen LogP contribution >= 0.6 is 0 Å². The molecule has 10 rings (SSSR count). The summed E-state index contributed by atoms with van der Waals surface area (Å²) < 4.78 is 2.52. The molecule has 1 atom stereocenters. The van der Waals surface area contributed by atoms with Crippen LogP contribution in [-0.4, -0.2) is 4.57 Å². The molecule has 0 bridgehead atoms. The highest BCUT2D eigenvalue weighted by Gasteiger charge is 2.36. The normalized spacial score (nSPS) is 18.1. The fourth-order valence-electron chi connectivity index (χ4n) is 8.64. The average Bonchev–Trinajstić information content (AvgIpc) is 3.54. The molecule has 1 unspecified atom stereocenters. The van der Waals surface area contributed by atoms with E-state index in [1.54, 1.807) is 0 Å². The number of rotatable bonds is 2. The molecule has 0 N–H and O–H groups in total. The first kappa shape index (κ1) is 25.9. The maximum atomic E-state index is 3.75. The zero-order valence-corrected chi connectivity index (χ0v) is 26.1. The summed E-state index contributed by atoms with van der Waals surface area (Å²) in [4.78, 5) is 0. The zero-order chi connectivity index (χ0) is 30.6. The summed E-state index contributed by atoms with van der Waals surface area (Å²) in [7, 11) is 0. The fourth-order valence-corrected chi connectivity index (χ4v) is 8.64. The SMILES string of the molecule is CC1(C)c2ccccc2-c2cc3c4cc5c6ccccc6c6ccccc6c5cc4n(C4=CCC(C5C=CC=CC5)=C=C4)c3cc21. The first-order chi connectivity index (χ1) is 22.6. The van der Waals surface area contributed by atoms with E-state index in [2.05, 4.69) is 158 Å². The number of allylic oxidation sites excluding steroid dienone is 7. The minimum absolute atomic E-state index is 0.0663. The number of aromatic nitrogens is 1. The molecule has 1 heteroatoms. The van der Waals surface area contributed by atoms with Gasteiger partial charge in [0.05, 0.1) is 16.7 Å². The van der Waals surface area contributed by atoms with Crippen molar-refractivity contribution in [2.24, 2.45) is 5.92 Å². The van der Waals surface area contributed by atoms with E-state index in [0.29, 0.717) is 5.92 Å². The molecular formula is C45H33N. The molecule has 7 aromatic rings. The summed E-state index contributed by atoms with van der Waals surface area (Å²) in [6.45, 7) is 4.76. The summed E-state index contributed by atoms with van der Waals surface area (Å²) in [6.07, 6.45) is 15.5. The predicted molar refractivity (Wildman–Crippen MR) is 196 cm³/mol. The lowest BCUT2D eigenvalue weighted by Gasteiger charge is -2.22. The number of hydrogen-bond acceptors (Lipinski definition) is 0. The van der Waals surface area contributed by atoms with Gasteiger partial charge in [-0.15, -0.1) is 5.73 Å². The summed E-state index contributed by atoms with van der Waals surface area (Å²) in [5.74, 6) is 0.434. The Morgan fingerprint density at radius 3 is 1.98 bits per heavy atom. The third-order valence-electron chi connectivity index (χ3n) is 11.0. The Balaban J connectivity index is 1.33. The number of nitrogens with zero attached hydrogens (tertiary/aromatic N) is 1. The van der Waals surface area contributed by atoms with Gasteiger partial charge in [0, 0.05) is 28.2 Å². The van der Waals surface area contributed by atoms with Crippen LogP contribution in [0.4, 0.5) is 0 Å². The van der Waals surface area contributed by atoms with Crippen LogP contribution in [-0.2, 0) is 5.41 Å². The Hall–Kier alpha value is -5.36. The largest absolute Gasteiger partial charge is 0.309 e. The van der Waals surface area contributed by atoms with Gasteiger partial charge in [-0.1, -0.05) is 117 Å². The van der Waals surface area contributed by atoms with E-state index in [0.717, 1.165) is 12.8 Å². The molecule has 0 saturated heterocycles. The van der Waals surface area contributed by atoms with E-state index >= 15 is 0 Å². The van der Waals surface area contributed by atoms with Crippen molar-refractivity contribution in [1.82, 2.24) is 4.57 Å². The molecule has 1 aromatic heterocycles. The fraction of sp³-hybridized carbons (Fsp3) is 0.133. The van der Waals surface area contributed by atoms with Crippen molar-refractivity contribution >= 4 is 59.8 Å². The maximum Gasteiger partial charge on any atom is 0.0547 e. The van der Waals surface area contributed by atoms with Gasteiger partial charge in [0.25, 0.3) is 0 Å². The molecule has 0 amide bonds. The third kappa shape index (κ3) is 3.47. The Morgan fingerprint density at radius 1 is 0.630 bits per heavy atom. The molecule has 0 spiro atoms. The summed E-state index contributed by atoms with van der Waals surface area (Å²) in [5, 5.41) is 10.5. The van der Waals surface area contributed by atoms with Crippen LogP contribution in [0.1, 0.15) is 37.8 Å². The van der Waals surface area contributed by atoms with Crippen LogP contribution < -0.4 is 0 Å². The second-order valence-corrected chi connectivity index (χ2v) is 13.7. The van der Waals surface area contributed by atoms with Crippen molar-refractivity contribution in [3.8, 4) is 11.1 Å². The van der Waals surface area contributed by atoms with Crippen LogP contribution in [0.5, 0.6) is 0 Å². The van der Waals surface area contributed by atoms with Crippen molar-refractivity contribution in [3.05, 3.63) is 156 Å². The molecule has 0 radical (unpaired) electrons. The van der Waals surface area contributed by atoms with Gasteiger partial charge in [-0.05, 0) is 97.3 Å². The lowest BCUT2D eigenvalue weighted by molar-refractivity contribution is 0.661. The highest BCUT2D eigenvalue weighted by molar-refractivity contribution is 6.29. The molecule has 0 saturated carbocycles. The van der Waals surface area contributed by atoms with Crippen molar-refractivity contribution < 1.29 is 0 Å². The first-order valence-corrected chi connectivity index (χ1v) is 16.5. The van der Waals surface area contributed by atoms with Gasteiger partial charge in [-0.25, -0.2) is 0 Å². The van der Waals surface area contributed by atoms with E-state index in [1.807, 2.05) is 0 Å². The van der Waals surface area contributed by atoms with Gasteiger partial charge in [-0.2, -0.15) is 0 Å². The minimum Gasteiger partial charge on any atom is -0.309 e. The number of hydrogen-bond donors (Lipinski definition) is 0. The first-order valence-electron chi connectivity index (χ1n) is 16.5. The average molecular weight is 588 g/mol. The lowest BCUT2D eigenvalue weighted by Crippen LogP contribution is -2.15. The topological polar surface area (TPSA) is 4.93 Å². The molecule has 1 nitrogen and oxygen atoms in total. The lowest BCUT2D eigenvalue weighted by atomic mass is 9.82. The van der Waals surface area contributed by atoms with Crippen LogP contribution in [0.3, 0.4) is 0 Å². The van der Waals surface area contributed by atoms with E-state index in [1.165, 1.54) is 87.6 Å². The summed E-state index contributed by atoms with van der Waals surface area (Å²) in [5.41, 5.74) is 14.3. The molecule has 6 aromatic carbocycles. The van der Waals surface area contributed by atoms with Crippen molar-refractivity contribution in [1.29, 1.82) is 0 Å². The van der Waals surface area contributed by atoms with Gasteiger partial charge in [0.1, 0.15) is 0 Å². The summed E-state index contributed by atoms with van der Waals surface area (Å²) in [6, 6.07) is 36.7. The second kappa shape index (κ2) is 9.33. The van der Waals surface area contributed by atoms with Gasteiger partial charge < -0.3 is 4.57 Å². The van der Waals surface area contributed by atoms with E-state index in [9.17, 15) is 0 Å². The monoisotopic (exact) mass is 587 g/mol. The number of benzene rings is 6. The Kier molecular flexibility index (Phi) is 5.26. The quantitative estimate of drug-likeness (QED) is 0.140. The minimum atomic E-state index is -0.0663. The highest BCUT2D eigenvalue weighted by Crippen LogP contribution is 2.51. The molecule has 218 valence electrons. The molecule has 46 heavy (non-hydrogen) atoms. The predicted octanol–water partition coefficient (Wildman–Crippen LogP) is 12.0. The zero-order valence-electron chi connectivity index (χ0n) is 26.1. The molecular weight excluding hydrogens is 555 g/mol. The van der Waals surface area contributed by atoms with E-state index in [4.69, 9.17) is 0 Å². The standard InChI is InChI=1S/C45H33N/c1-45(2)41-19-11-10-18-35(41)38-25-40-39-24-36-33-16-8-6-14-31(33)32-15-7-9-17-34(32)37(36)26-43(39)46(44(40)27-42(38)45)30-22-20-29(21-23-30)28-12-4-3-5-13-28/h3-12,14-19,22-28H,13,20H2,1-2H3. The molecule has 0 aliphatic heterocycles. The van der Waals surface area contributed by atoms with Gasteiger partial charge in [0.15, 0.2) is 0 Å². The van der Waals surface area contributed by atoms with E-state index < -0.39 is 0 Å².